The first-order valence-corrected chi connectivity index (χ1v) is 11.0. The Morgan fingerprint density at radius 3 is 2.47 bits per heavy atom. The average molecular weight is 455 g/mol. The van der Waals surface area contributed by atoms with Crippen LogP contribution >= 0.6 is 11.8 Å². The molecule has 3 amide bonds. The summed E-state index contributed by atoms with van der Waals surface area (Å²) in [6, 6.07) is 8.41. The molecule has 1 fully saturated rings. The molecule has 32 heavy (non-hydrogen) atoms. The SMILES string of the molecule is Cc1cc(N2C(=O)C[C@H](Sc3ccc(NC(=O)[C@@H]4CC=CC[C@H]4C(=O)O)cc3)C2=O)no1. The topological polar surface area (TPSA) is 130 Å². The second kappa shape index (κ2) is 8.99. The number of aryl methyl sites for hydroxylation is 1. The molecule has 9 nitrogen and oxygen atoms in total. The maximum absolute atomic E-state index is 12.7. The zero-order chi connectivity index (χ0) is 22.8. The summed E-state index contributed by atoms with van der Waals surface area (Å²) >= 11 is 1.26. The van der Waals surface area contributed by atoms with Crippen molar-refractivity contribution >= 4 is 47.0 Å². The molecule has 2 N–H and O–H groups in total. The maximum atomic E-state index is 12.7. The van der Waals surface area contributed by atoms with Gasteiger partial charge in [0.15, 0.2) is 5.82 Å². The molecule has 0 saturated carbocycles. The van der Waals surface area contributed by atoms with E-state index in [1.807, 2.05) is 6.08 Å². The van der Waals surface area contributed by atoms with Crippen molar-refractivity contribution in [1.82, 2.24) is 5.16 Å². The molecule has 0 radical (unpaired) electrons. The predicted molar refractivity (Wildman–Crippen MR) is 116 cm³/mol. The average Bonchev–Trinajstić information content (AvgIpc) is 3.31. The Morgan fingerprint density at radius 2 is 1.84 bits per heavy atom. The number of amides is 3. The molecule has 2 heterocycles. The van der Waals surface area contributed by atoms with Crippen molar-refractivity contribution in [3.05, 3.63) is 48.2 Å². The number of carbonyl (C=O) groups excluding carboxylic acids is 3. The molecule has 166 valence electrons. The van der Waals surface area contributed by atoms with E-state index in [2.05, 4.69) is 10.5 Å². The smallest absolute Gasteiger partial charge is 0.307 e. The van der Waals surface area contributed by atoms with Crippen LogP contribution in [0.5, 0.6) is 0 Å². The Bertz CT molecular complexity index is 1090. The Labute approximate surface area is 187 Å². The van der Waals surface area contributed by atoms with Gasteiger partial charge in [0.2, 0.25) is 17.7 Å². The largest absolute Gasteiger partial charge is 0.481 e. The number of carboxylic acids is 1. The minimum Gasteiger partial charge on any atom is -0.481 e. The Kier molecular flexibility index (Phi) is 6.13. The van der Waals surface area contributed by atoms with Crippen molar-refractivity contribution in [3.63, 3.8) is 0 Å². The van der Waals surface area contributed by atoms with E-state index in [9.17, 15) is 24.3 Å². The van der Waals surface area contributed by atoms with Gasteiger partial charge in [0, 0.05) is 23.1 Å². The van der Waals surface area contributed by atoms with E-state index in [0.29, 0.717) is 24.3 Å². The normalized spacial score (nSPS) is 22.9. The lowest BCUT2D eigenvalue weighted by molar-refractivity contribution is -0.146. The number of benzene rings is 1. The number of carbonyl (C=O) groups is 4. The van der Waals surface area contributed by atoms with E-state index >= 15 is 0 Å². The highest BCUT2D eigenvalue weighted by molar-refractivity contribution is 8.00. The number of thioether (sulfide) groups is 1. The second-order valence-corrected chi connectivity index (χ2v) is 8.96. The number of nitrogens with zero attached hydrogens (tertiary/aromatic N) is 2. The molecule has 0 unspecified atom stereocenters. The highest BCUT2D eigenvalue weighted by Crippen LogP contribution is 2.34. The van der Waals surface area contributed by atoms with Gasteiger partial charge in [-0.25, -0.2) is 4.90 Å². The van der Waals surface area contributed by atoms with Crippen LogP contribution < -0.4 is 10.2 Å². The van der Waals surface area contributed by atoms with Gasteiger partial charge >= 0.3 is 5.97 Å². The highest BCUT2D eigenvalue weighted by atomic mass is 32.2. The monoisotopic (exact) mass is 455 g/mol. The summed E-state index contributed by atoms with van der Waals surface area (Å²) in [6.45, 7) is 1.68. The number of hydrogen-bond donors (Lipinski definition) is 2. The van der Waals surface area contributed by atoms with Crippen molar-refractivity contribution in [2.24, 2.45) is 11.8 Å². The van der Waals surface area contributed by atoms with E-state index in [0.717, 1.165) is 9.80 Å². The predicted octanol–water partition coefficient (Wildman–Crippen LogP) is 3.01. The number of rotatable bonds is 6. The summed E-state index contributed by atoms with van der Waals surface area (Å²) in [5.74, 6) is -2.67. The van der Waals surface area contributed by atoms with E-state index in [1.54, 1.807) is 37.3 Å². The summed E-state index contributed by atoms with van der Waals surface area (Å²) in [5.41, 5.74) is 0.534. The third-order valence-electron chi connectivity index (χ3n) is 5.44. The Balaban J connectivity index is 1.38. The highest BCUT2D eigenvalue weighted by Gasteiger charge is 2.41. The van der Waals surface area contributed by atoms with Gasteiger partial charge in [0.1, 0.15) is 5.76 Å². The maximum Gasteiger partial charge on any atom is 0.307 e. The number of allylic oxidation sites excluding steroid dienone is 2. The first-order chi connectivity index (χ1) is 15.3. The van der Waals surface area contributed by atoms with Crippen LogP contribution in [0, 0.1) is 18.8 Å². The molecular weight excluding hydrogens is 434 g/mol. The summed E-state index contributed by atoms with van der Waals surface area (Å²) in [7, 11) is 0. The quantitative estimate of drug-likeness (QED) is 0.502. The summed E-state index contributed by atoms with van der Waals surface area (Å²) < 4.78 is 4.96. The van der Waals surface area contributed by atoms with Crippen LogP contribution in [0.4, 0.5) is 11.5 Å². The van der Waals surface area contributed by atoms with Crippen molar-refractivity contribution in [3.8, 4) is 0 Å². The number of hydrogen-bond acceptors (Lipinski definition) is 7. The van der Waals surface area contributed by atoms with Gasteiger partial charge in [-0.05, 0) is 44.0 Å². The van der Waals surface area contributed by atoms with Crippen LogP contribution in [0.2, 0.25) is 0 Å². The number of aliphatic carboxylic acids is 1. The minimum absolute atomic E-state index is 0.0552. The van der Waals surface area contributed by atoms with E-state index in [1.165, 1.54) is 17.8 Å². The van der Waals surface area contributed by atoms with Crippen LogP contribution in [0.15, 0.2) is 51.9 Å². The number of imide groups is 1. The lowest BCUT2D eigenvalue weighted by Crippen LogP contribution is -2.34. The van der Waals surface area contributed by atoms with Crippen LogP contribution in [-0.2, 0) is 19.2 Å². The number of nitrogens with one attached hydrogen (secondary N) is 1. The fourth-order valence-corrected chi connectivity index (χ4v) is 4.84. The summed E-state index contributed by atoms with van der Waals surface area (Å²) in [4.78, 5) is 50.8. The zero-order valence-electron chi connectivity index (χ0n) is 17.2. The van der Waals surface area contributed by atoms with Crippen molar-refractivity contribution < 1.29 is 28.8 Å². The van der Waals surface area contributed by atoms with Crippen LogP contribution in [0.3, 0.4) is 0 Å². The van der Waals surface area contributed by atoms with Crippen LogP contribution in [0.25, 0.3) is 0 Å². The zero-order valence-corrected chi connectivity index (χ0v) is 18.0. The van der Waals surface area contributed by atoms with Gasteiger partial charge in [0.05, 0.1) is 17.1 Å². The Morgan fingerprint density at radius 1 is 1.16 bits per heavy atom. The van der Waals surface area contributed by atoms with E-state index in [4.69, 9.17) is 4.52 Å². The van der Waals surface area contributed by atoms with E-state index in [-0.39, 0.29) is 30.0 Å². The molecule has 2 aromatic rings. The molecule has 10 heteroatoms. The van der Waals surface area contributed by atoms with Crippen molar-refractivity contribution in [2.75, 3.05) is 10.2 Å². The molecule has 1 aliphatic heterocycles. The molecule has 4 rings (SSSR count). The lowest BCUT2D eigenvalue weighted by atomic mass is 9.82. The molecular formula is C22H21N3O6S. The van der Waals surface area contributed by atoms with Crippen LogP contribution in [-0.4, -0.2) is 39.2 Å². The van der Waals surface area contributed by atoms with Gasteiger partial charge < -0.3 is 14.9 Å². The van der Waals surface area contributed by atoms with Crippen molar-refractivity contribution in [2.45, 2.75) is 36.3 Å². The summed E-state index contributed by atoms with van der Waals surface area (Å²) in [5, 5.41) is 15.3. The third kappa shape index (κ3) is 4.45. The standard InChI is InChI=1S/C22H21N3O6S/c1-12-10-18(24-31-12)25-19(26)11-17(21(25)28)32-14-8-6-13(7-9-14)23-20(27)15-4-2-3-5-16(15)22(29)30/h2-3,6-10,15-17H,4-5,11H2,1H3,(H,23,27)(H,29,30)/t15-,16-,17+/m1/s1. The number of carboxylic acid groups (broad SMARTS) is 1. The molecule has 2 aliphatic rings. The molecule has 3 atom stereocenters. The number of aromatic nitrogens is 1. The molecule has 0 spiro atoms. The Hall–Kier alpha value is -3.40. The van der Waals surface area contributed by atoms with Gasteiger partial charge in [0.25, 0.3) is 0 Å². The number of anilines is 2. The molecule has 1 aromatic carbocycles. The van der Waals surface area contributed by atoms with Crippen molar-refractivity contribution in [1.29, 1.82) is 0 Å². The molecule has 1 saturated heterocycles. The van der Waals surface area contributed by atoms with Gasteiger partial charge in [-0.15, -0.1) is 11.8 Å². The second-order valence-electron chi connectivity index (χ2n) is 7.68. The first kappa shape index (κ1) is 21.8. The van der Waals surface area contributed by atoms with Gasteiger partial charge in [-0.3, -0.25) is 19.2 Å². The fraction of sp³-hybridized carbons (Fsp3) is 0.318. The van der Waals surface area contributed by atoms with Crippen LogP contribution in [0.1, 0.15) is 25.0 Å². The lowest BCUT2D eigenvalue weighted by Gasteiger charge is -2.24. The summed E-state index contributed by atoms with van der Waals surface area (Å²) in [6.07, 6.45) is 4.39. The molecule has 0 bridgehead atoms. The first-order valence-electron chi connectivity index (χ1n) is 10.1. The minimum atomic E-state index is -0.980. The third-order valence-corrected chi connectivity index (χ3v) is 6.63. The molecule has 1 aromatic heterocycles. The molecule has 1 aliphatic carbocycles. The van der Waals surface area contributed by atoms with Gasteiger partial charge in [-0.2, -0.15) is 0 Å². The fourth-order valence-electron chi connectivity index (χ4n) is 3.79. The van der Waals surface area contributed by atoms with E-state index < -0.39 is 23.1 Å². The van der Waals surface area contributed by atoms with Gasteiger partial charge in [-0.1, -0.05) is 17.3 Å².